The maximum atomic E-state index is 12.2. The van der Waals surface area contributed by atoms with Crippen molar-refractivity contribution < 1.29 is 19.1 Å². The van der Waals surface area contributed by atoms with Gasteiger partial charge in [0.05, 0.1) is 24.8 Å². The first-order valence-electron chi connectivity index (χ1n) is 8.55. The molecule has 0 saturated carbocycles. The predicted octanol–water partition coefficient (Wildman–Crippen LogP) is 3.97. The summed E-state index contributed by atoms with van der Waals surface area (Å²) in [6.45, 7) is 4.11. The van der Waals surface area contributed by atoms with E-state index < -0.39 is 0 Å². The van der Waals surface area contributed by atoms with Gasteiger partial charge in [-0.2, -0.15) is 0 Å². The standard InChI is InChI=1S/C20H22N2O4S/c1-20(2)10-13-18(14(23)11-20)27-19(21-13)22-17(24)8-6-12-5-7-15(25-3)16(9-12)26-4/h5-9H,10-11H2,1-4H3,(H,21,22,24). The summed E-state index contributed by atoms with van der Waals surface area (Å²) in [7, 11) is 3.13. The number of anilines is 1. The lowest BCUT2D eigenvalue weighted by molar-refractivity contribution is -0.111. The van der Waals surface area contributed by atoms with Crippen LogP contribution in [0.1, 0.15) is 41.2 Å². The molecule has 27 heavy (non-hydrogen) atoms. The van der Waals surface area contributed by atoms with Crippen molar-refractivity contribution in [1.29, 1.82) is 0 Å². The SMILES string of the molecule is COc1ccc(C=CC(=O)Nc2nc3c(s2)C(=O)CC(C)(C)C3)cc1OC. The molecule has 1 heterocycles. The monoisotopic (exact) mass is 386 g/mol. The van der Waals surface area contributed by atoms with Gasteiger partial charge < -0.3 is 9.47 Å². The summed E-state index contributed by atoms with van der Waals surface area (Å²) < 4.78 is 10.4. The lowest BCUT2D eigenvalue weighted by atomic mass is 9.78. The fourth-order valence-corrected chi connectivity index (χ4v) is 3.97. The Morgan fingerprint density at radius 1 is 1.22 bits per heavy atom. The fraction of sp³-hybridized carbons (Fsp3) is 0.350. The van der Waals surface area contributed by atoms with E-state index in [9.17, 15) is 9.59 Å². The van der Waals surface area contributed by atoms with Crippen LogP contribution < -0.4 is 14.8 Å². The maximum absolute atomic E-state index is 12.2. The number of benzene rings is 1. The Morgan fingerprint density at radius 3 is 2.67 bits per heavy atom. The first-order valence-corrected chi connectivity index (χ1v) is 9.37. The number of hydrogen-bond donors (Lipinski definition) is 1. The summed E-state index contributed by atoms with van der Waals surface area (Å²) in [5.41, 5.74) is 1.49. The molecule has 0 saturated heterocycles. The van der Waals surface area contributed by atoms with Gasteiger partial charge in [-0.1, -0.05) is 31.3 Å². The zero-order chi connectivity index (χ0) is 19.6. The molecule has 6 nitrogen and oxygen atoms in total. The van der Waals surface area contributed by atoms with Gasteiger partial charge in [-0.15, -0.1) is 0 Å². The van der Waals surface area contributed by atoms with E-state index in [0.717, 1.165) is 17.7 Å². The molecule has 0 radical (unpaired) electrons. The Balaban J connectivity index is 1.70. The molecule has 0 unspecified atom stereocenters. The van der Waals surface area contributed by atoms with Gasteiger partial charge in [0, 0.05) is 12.5 Å². The second-order valence-corrected chi connectivity index (χ2v) is 8.17. The Kier molecular flexibility index (Phi) is 5.32. The van der Waals surface area contributed by atoms with Crippen molar-refractivity contribution in [1.82, 2.24) is 4.98 Å². The smallest absolute Gasteiger partial charge is 0.250 e. The number of thiazole rings is 1. The predicted molar refractivity (Wildman–Crippen MR) is 106 cm³/mol. The van der Waals surface area contributed by atoms with Crippen molar-refractivity contribution in [3.05, 3.63) is 40.4 Å². The van der Waals surface area contributed by atoms with Crippen molar-refractivity contribution in [2.24, 2.45) is 5.41 Å². The van der Waals surface area contributed by atoms with E-state index in [0.29, 0.717) is 27.9 Å². The topological polar surface area (TPSA) is 77.5 Å². The fourth-order valence-electron chi connectivity index (χ4n) is 3.05. The number of fused-ring (bicyclic) bond motifs is 1. The van der Waals surface area contributed by atoms with Gasteiger partial charge in [-0.3, -0.25) is 14.9 Å². The third-order valence-electron chi connectivity index (χ3n) is 4.30. The number of ether oxygens (including phenoxy) is 2. The summed E-state index contributed by atoms with van der Waals surface area (Å²) >= 11 is 1.24. The summed E-state index contributed by atoms with van der Waals surface area (Å²) in [6.07, 6.45) is 4.35. The van der Waals surface area contributed by atoms with E-state index in [1.165, 1.54) is 17.4 Å². The van der Waals surface area contributed by atoms with E-state index in [1.54, 1.807) is 32.4 Å². The highest BCUT2D eigenvalue weighted by Gasteiger charge is 2.33. The average Bonchev–Trinajstić information content (AvgIpc) is 3.00. The minimum absolute atomic E-state index is 0.0905. The number of nitrogens with one attached hydrogen (secondary N) is 1. The van der Waals surface area contributed by atoms with Crippen LogP contribution in [0.5, 0.6) is 11.5 Å². The molecule has 0 spiro atoms. The second-order valence-electron chi connectivity index (χ2n) is 7.17. The number of carbonyl (C=O) groups is 2. The Bertz CT molecular complexity index is 915. The summed E-state index contributed by atoms with van der Waals surface area (Å²) in [5, 5.41) is 3.19. The molecule has 0 aliphatic heterocycles. The first-order chi connectivity index (χ1) is 12.8. The Morgan fingerprint density at radius 2 is 1.96 bits per heavy atom. The Labute approximate surface area is 162 Å². The van der Waals surface area contributed by atoms with Gasteiger partial charge in [0.1, 0.15) is 0 Å². The van der Waals surface area contributed by atoms with Gasteiger partial charge >= 0.3 is 0 Å². The van der Waals surface area contributed by atoms with Crippen LogP contribution in [0.4, 0.5) is 5.13 Å². The highest BCUT2D eigenvalue weighted by molar-refractivity contribution is 7.17. The lowest BCUT2D eigenvalue weighted by Gasteiger charge is -2.26. The molecule has 7 heteroatoms. The van der Waals surface area contributed by atoms with Crippen molar-refractivity contribution in [3.63, 3.8) is 0 Å². The van der Waals surface area contributed by atoms with Crippen molar-refractivity contribution >= 4 is 34.2 Å². The normalized spacial score (nSPS) is 15.5. The van der Waals surface area contributed by atoms with Gasteiger partial charge in [0.25, 0.3) is 0 Å². The molecule has 1 amide bonds. The molecular formula is C20H22N2O4S. The number of methoxy groups -OCH3 is 2. The highest BCUT2D eigenvalue weighted by atomic mass is 32.1. The van der Waals surface area contributed by atoms with Gasteiger partial charge in [0.15, 0.2) is 22.4 Å². The number of nitrogens with zero attached hydrogens (tertiary/aromatic N) is 1. The van der Waals surface area contributed by atoms with Crippen molar-refractivity contribution in [2.45, 2.75) is 26.7 Å². The van der Waals surface area contributed by atoms with Crippen molar-refractivity contribution in [3.8, 4) is 11.5 Å². The van der Waals surface area contributed by atoms with E-state index >= 15 is 0 Å². The quantitative estimate of drug-likeness (QED) is 0.787. The van der Waals surface area contributed by atoms with Crippen LogP contribution in [0.25, 0.3) is 6.08 Å². The van der Waals surface area contributed by atoms with Crippen molar-refractivity contribution in [2.75, 3.05) is 19.5 Å². The zero-order valence-corrected chi connectivity index (χ0v) is 16.6. The number of rotatable bonds is 5. The molecule has 1 aliphatic rings. The summed E-state index contributed by atoms with van der Waals surface area (Å²) in [5.74, 6) is 1.01. The molecule has 0 bridgehead atoms. The number of Topliss-reactive ketones (excluding diaryl/α,β-unsaturated/α-hetero) is 1. The molecule has 0 atom stereocenters. The van der Waals surface area contributed by atoms with Crippen LogP contribution in [-0.2, 0) is 11.2 Å². The Hall–Kier alpha value is -2.67. The molecule has 1 aromatic heterocycles. The van der Waals surface area contributed by atoms with Crippen LogP contribution in [0.2, 0.25) is 0 Å². The maximum Gasteiger partial charge on any atom is 0.250 e. The molecule has 1 N–H and O–H groups in total. The van der Waals surface area contributed by atoms with Crippen LogP contribution in [0, 0.1) is 5.41 Å². The molecule has 1 aromatic carbocycles. The molecule has 3 rings (SSSR count). The summed E-state index contributed by atoms with van der Waals surface area (Å²) in [6, 6.07) is 5.39. The van der Waals surface area contributed by atoms with Gasteiger partial charge in [0.2, 0.25) is 5.91 Å². The van der Waals surface area contributed by atoms with E-state index in [1.807, 2.05) is 6.07 Å². The van der Waals surface area contributed by atoms with Crippen LogP contribution in [-0.4, -0.2) is 30.9 Å². The number of amides is 1. The second kappa shape index (κ2) is 7.52. The summed E-state index contributed by atoms with van der Waals surface area (Å²) in [4.78, 5) is 29.6. The average molecular weight is 386 g/mol. The largest absolute Gasteiger partial charge is 0.493 e. The van der Waals surface area contributed by atoms with Gasteiger partial charge in [-0.05, 0) is 35.6 Å². The molecule has 1 aliphatic carbocycles. The van der Waals surface area contributed by atoms with Crippen LogP contribution >= 0.6 is 11.3 Å². The van der Waals surface area contributed by atoms with Crippen LogP contribution in [0.3, 0.4) is 0 Å². The number of carbonyl (C=O) groups excluding carboxylic acids is 2. The third-order valence-corrected chi connectivity index (χ3v) is 5.35. The minimum atomic E-state index is -0.303. The highest BCUT2D eigenvalue weighted by Crippen LogP contribution is 2.38. The van der Waals surface area contributed by atoms with Gasteiger partial charge in [-0.25, -0.2) is 4.98 Å². The number of aromatic nitrogens is 1. The molecule has 142 valence electrons. The van der Waals surface area contributed by atoms with E-state index in [-0.39, 0.29) is 17.1 Å². The minimum Gasteiger partial charge on any atom is -0.493 e. The van der Waals surface area contributed by atoms with E-state index in [4.69, 9.17) is 9.47 Å². The first kappa shape index (κ1) is 19.1. The molecule has 2 aromatic rings. The third kappa shape index (κ3) is 4.36. The zero-order valence-electron chi connectivity index (χ0n) is 15.8. The number of hydrogen-bond acceptors (Lipinski definition) is 6. The molecular weight excluding hydrogens is 364 g/mol. The van der Waals surface area contributed by atoms with E-state index in [2.05, 4.69) is 24.1 Å². The number of ketones is 1. The molecule has 0 fully saturated rings. The lowest BCUT2D eigenvalue weighted by Crippen LogP contribution is -2.26. The van der Waals surface area contributed by atoms with Crippen LogP contribution in [0.15, 0.2) is 24.3 Å².